The molecule has 0 atom stereocenters. The number of benzene rings is 2. The number of carbonyl (C=O) groups excluding carboxylic acids is 2. The van der Waals surface area contributed by atoms with Gasteiger partial charge < -0.3 is 23.7 Å². The second kappa shape index (κ2) is 11.9. The van der Waals surface area contributed by atoms with Gasteiger partial charge in [0, 0.05) is 51.3 Å². The number of fused-ring (bicyclic) bond motifs is 1. The molecule has 36 heavy (non-hydrogen) atoms. The Morgan fingerprint density at radius 3 is 2.53 bits per heavy atom. The van der Waals surface area contributed by atoms with E-state index in [4.69, 9.17) is 13.9 Å². The van der Waals surface area contributed by atoms with E-state index in [0.29, 0.717) is 62.4 Å². The summed E-state index contributed by atoms with van der Waals surface area (Å²) < 4.78 is 16.2. The SMILES string of the molecule is CN(C)CCOc1ccc(COC(=O)N2CCN(CCC(=O)c3ccc4[nH]c(=O)oc4c3)CC2)cc1. The van der Waals surface area contributed by atoms with Gasteiger partial charge in [-0.3, -0.25) is 14.7 Å². The van der Waals surface area contributed by atoms with Crippen molar-refractivity contribution in [1.29, 1.82) is 0 Å². The molecule has 2 aromatic carbocycles. The van der Waals surface area contributed by atoms with Crippen molar-refractivity contribution in [1.82, 2.24) is 19.7 Å². The lowest BCUT2D eigenvalue weighted by atomic mass is 10.1. The zero-order chi connectivity index (χ0) is 25.5. The van der Waals surface area contributed by atoms with Crippen LogP contribution in [0.2, 0.25) is 0 Å². The molecule has 1 saturated heterocycles. The van der Waals surface area contributed by atoms with Gasteiger partial charge in [0.15, 0.2) is 11.4 Å². The van der Waals surface area contributed by atoms with Gasteiger partial charge in [-0.2, -0.15) is 0 Å². The number of H-pyrrole nitrogens is 1. The standard InChI is InChI=1S/C26H32N4O6/c1-28(2)15-16-34-21-6-3-19(4-7-21)18-35-26(33)30-13-11-29(12-14-30)10-9-23(31)20-5-8-22-24(17-20)36-25(32)27-22/h3-8,17H,9-16,18H2,1-2H3,(H,27,32). The van der Waals surface area contributed by atoms with Crippen LogP contribution in [0.25, 0.3) is 11.1 Å². The van der Waals surface area contributed by atoms with Crippen molar-refractivity contribution in [3.63, 3.8) is 0 Å². The fraction of sp³-hybridized carbons (Fsp3) is 0.423. The lowest BCUT2D eigenvalue weighted by molar-refractivity contribution is 0.0696. The lowest BCUT2D eigenvalue weighted by Gasteiger charge is -2.33. The number of Topliss-reactive ketones (excluding diaryl/α,β-unsaturated/α-hetero) is 1. The Morgan fingerprint density at radius 1 is 1.06 bits per heavy atom. The van der Waals surface area contributed by atoms with Crippen molar-refractivity contribution in [2.75, 3.05) is 60.0 Å². The van der Waals surface area contributed by atoms with Gasteiger partial charge in [-0.25, -0.2) is 9.59 Å². The second-order valence-corrected chi connectivity index (χ2v) is 9.08. The molecule has 10 heteroatoms. The Balaban J connectivity index is 1.15. The Kier molecular flexibility index (Phi) is 8.40. The summed E-state index contributed by atoms with van der Waals surface area (Å²) in [7, 11) is 4.00. The van der Waals surface area contributed by atoms with Crippen LogP contribution in [0.4, 0.5) is 4.79 Å². The molecule has 0 spiro atoms. The maximum atomic E-state index is 12.6. The number of ether oxygens (including phenoxy) is 2. The van der Waals surface area contributed by atoms with Crippen LogP contribution in [-0.4, -0.2) is 91.5 Å². The van der Waals surface area contributed by atoms with Gasteiger partial charge in [0.25, 0.3) is 0 Å². The summed E-state index contributed by atoms with van der Waals surface area (Å²) in [6.07, 6.45) is 0.0118. The molecular weight excluding hydrogens is 464 g/mol. The first kappa shape index (κ1) is 25.5. The molecule has 1 amide bonds. The van der Waals surface area contributed by atoms with Crippen LogP contribution < -0.4 is 10.5 Å². The molecule has 0 unspecified atom stereocenters. The van der Waals surface area contributed by atoms with E-state index < -0.39 is 5.76 Å². The Hall–Kier alpha value is -3.63. The summed E-state index contributed by atoms with van der Waals surface area (Å²) in [6, 6.07) is 12.5. The van der Waals surface area contributed by atoms with E-state index in [1.54, 1.807) is 23.1 Å². The summed E-state index contributed by atoms with van der Waals surface area (Å²) in [5.41, 5.74) is 2.36. The first-order valence-electron chi connectivity index (χ1n) is 12.0. The molecule has 0 saturated carbocycles. The van der Waals surface area contributed by atoms with Crippen LogP contribution in [0, 0.1) is 0 Å². The predicted octanol–water partition coefficient (Wildman–Crippen LogP) is 2.59. The van der Waals surface area contributed by atoms with E-state index in [9.17, 15) is 14.4 Å². The molecule has 0 bridgehead atoms. The molecule has 4 rings (SSSR count). The summed E-state index contributed by atoms with van der Waals surface area (Å²) in [5, 5.41) is 0. The zero-order valence-electron chi connectivity index (χ0n) is 20.7. The number of rotatable bonds is 10. The van der Waals surface area contributed by atoms with Crippen molar-refractivity contribution in [2.45, 2.75) is 13.0 Å². The number of aromatic nitrogens is 1. The number of ketones is 1. The number of nitrogens with one attached hydrogen (secondary N) is 1. The van der Waals surface area contributed by atoms with E-state index in [1.165, 1.54) is 0 Å². The number of aromatic amines is 1. The Labute approximate surface area is 209 Å². The highest BCUT2D eigenvalue weighted by molar-refractivity contribution is 5.98. The first-order chi connectivity index (χ1) is 17.4. The molecule has 0 radical (unpaired) electrons. The Morgan fingerprint density at radius 2 is 1.81 bits per heavy atom. The van der Waals surface area contributed by atoms with Crippen LogP contribution >= 0.6 is 0 Å². The van der Waals surface area contributed by atoms with Crippen LogP contribution in [0.5, 0.6) is 5.75 Å². The van der Waals surface area contributed by atoms with Crippen LogP contribution in [-0.2, 0) is 11.3 Å². The number of hydrogen-bond acceptors (Lipinski definition) is 8. The summed E-state index contributed by atoms with van der Waals surface area (Å²) in [5.74, 6) is 0.236. The van der Waals surface area contributed by atoms with Crippen LogP contribution in [0.3, 0.4) is 0 Å². The molecule has 192 valence electrons. The van der Waals surface area contributed by atoms with E-state index in [0.717, 1.165) is 17.9 Å². The van der Waals surface area contributed by atoms with Crippen molar-refractivity contribution < 1.29 is 23.5 Å². The molecule has 1 aliphatic rings. The minimum Gasteiger partial charge on any atom is -0.492 e. The predicted molar refractivity (Wildman–Crippen MR) is 134 cm³/mol. The smallest absolute Gasteiger partial charge is 0.417 e. The molecule has 3 aromatic rings. The van der Waals surface area contributed by atoms with Gasteiger partial charge >= 0.3 is 11.8 Å². The molecule has 1 N–H and O–H groups in total. The number of nitrogens with zero attached hydrogens (tertiary/aromatic N) is 3. The van der Waals surface area contributed by atoms with E-state index >= 15 is 0 Å². The monoisotopic (exact) mass is 496 g/mol. The van der Waals surface area contributed by atoms with Gasteiger partial charge in [0.05, 0.1) is 5.52 Å². The molecule has 1 fully saturated rings. The summed E-state index contributed by atoms with van der Waals surface area (Å²) in [4.78, 5) is 44.8. The molecule has 1 aliphatic heterocycles. The second-order valence-electron chi connectivity index (χ2n) is 9.08. The number of hydrogen-bond donors (Lipinski definition) is 1. The van der Waals surface area contributed by atoms with Crippen molar-refractivity contribution >= 4 is 23.0 Å². The number of amides is 1. The molecule has 10 nitrogen and oxygen atoms in total. The average molecular weight is 497 g/mol. The van der Waals surface area contributed by atoms with Crippen molar-refractivity contribution in [3.05, 3.63) is 64.1 Å². The third-order valence-corrected chi connectivity index (χ3v) is 6.12. The highest BCUT2D eigenvalue weighted by atomic mass is 16.6. The van der Waals surface area contributed by atoms with Crippen LogP contribution in [0.1, 0.15) is 22.3 Å². The highest BCUT2D eigenvalue weighted by Crippen LogP contribution is 2.16. The minimum absolute atomic E-state index is 0.0169. The summed E-state index contributed by atoms with van der Waals surface area (Å²) >= 11 is 0. The van der Waals surface area contributed by atoms with E-state index in [1.807, 2.05) is 38.4 Å². The van der Waals surface area contributed by atoms with Gasteiger partial charge in [0.2, 0.25) is 0 Å². The third kappa shape index (κ3) is 6.96. The van der Waals surface area contributed by atoms with Gasteiger partial charge in [-0.1, -0.05) is 12.1 Å². The minimum atomic E-state index is -0.537. The van der Waals surface area contributed by atoms with Crippen molar-refractivity contribution in [2.24, 2.45) is 0 Å². The zero-order valence-corrected chi connectivity index (χ0v) is 20.7. The topological polar surface area (TPSA) is 108 Å². The Bertz CT molecular complexity index is 1230. The third-order valence-electron chi connectivity index (χ3n) is 6.12. The largest absolute Gasteiger partial charge is 0.492 e. The van der Waals surface area contributed by atoms with Gasteiger partial charge in [-0.05, 0) is 50.0 Å². The molecule has 1 aromatic heterocycles. The fourth-order valence-electron chi connectivity index (χ4n) is 3.94. The normalized spacial score (nSPS) is 14.4. The number of oxazole rings is 1. The molecule has 0 aliphatic carbocycles. The molecular formula is C26H32N4O6. The van der Waals surface area contributed by atoms with Gasteiger partial charge in [-0.15, -0.1) is 0 Å². The maximum absolute atomic E-state index is 12.6. The number of carbonyl (C=O) groups is 2. The van der Waals surface area contributed by atoms with Gasteiger partial charge in [0.1, 0.15) is 19.0 Å². The van der Waals surface area contributed by atoms with E-state index in [-0.39, 0.29) is 18.5 Å². The number of likely N-dealkylation sites (N-methyl/N-ethyl adjacent to an activating group) is 1. The molecule has 2 heterocycles. The maximum Gasteiger partial charge on any atom is 0.417 e. The summed E-state index contributed by atoms with van der Waals surface area (Å²) in [6.45, 7) is 4.70. The average Bonchev–Trinajstić information content (AvgIpc) is 3.26. The first-order valence-corrected chi connectivity index (χ1v) is 12.0. The van der Waals surface area contributed by atoms with E-state index in [2.05, 4.69) is 14.8 Å². The fourth-order valence-corrected chi connectivity index (χ4v) is 3.94. The lowest BCUT2D eigenvalue weighted by Crippen LogP contribution is -2.49. The highest BCUT2D eigenvalue weighted by Gasteiger charge is 2.22. The van der Waals surface area contributed by atoms with Crippen molar-refractivity contribution in [3.8, 4) is 5.75 Å². The number of piperazine rings is 1. The quantitative estimate of drug-likeness (QED) is 0.427. The van der Waals surface area contributed by atoms with Crippen LogP contribution in [0.15, 0.2) is 51.7 Å².